The van der Waals surface area contributed by atoms with E-state index >= 15 is 0 Å². The maximum absolute atomic E-state index is 12.2. The Bertz CT molecular complexity index is 640. The van der Waals surface area contributed by atoms with Gasteiger partial charge >= 0.3 is 0 Å². The van der Waals surface area contributed by atoms with E-state index in [4.69, 9.17) is 5.73 Å². The molecule has 9 nitrogen and oxygen atoms in total. The van der Waals surface area contributed by atoms with Gasteiger partial charge in [0.05, 0.1) is 11.7 Å². The highest BCUT2D eigenvalue weighted by Crippen LogP contribution is 2.15. The third kappa shape index (κ3) is 2.92. The number of aromatic amines is 1. The second-order valence-corrected chi connectivity index (χ2v) is 5.45. The minimum Gasteiger partial charge on any atom is -0.325 e. The van der Waals surface area contributed by atoms with Crippen molar-refractivity contribution in [2.75, 3.05) is 0 Å². The summed E-state index contributed by atoms with van der Waals surface area (Å²) < 4.78 is 26.9. The van der Waals surface area contributed by atoms with Gasteiger partial charge in [0.1, 0.15) is 4.90 Å². The number of nitrogens with one attached hydrogen (secondary N) is 2. The molecule has 0 saturated carbocycles. The van der Waals surface area contributed by atoms with Crippen LogP contribution >= 0.6 is 0 Å². The molecule has 0 fully saturated rings. The summed E-state index contributed by atoms with van der Waals surface area (Å²) in [5.41, 5.74) is 5.78. The Labute approximate surface area is 109 Å². The third-order valence-electron chi connectivity index (χ3n) is 2.41. The van der Waals surface area contributed by atoms with Crippen LogP contribution in [-0.4, -0.2) is 34.0 Å². The summed E-state index contributed by atoms with van der Waals surface area (Å²) in [6.07, 6.45) is 1.49. The van der Waals surface area contributed by atoms with E-state index in [1.54, 1.807) is 6.92 Å². The number of nitrogens with two attached hydrogens (primary N) is 1. The SMILES string of the molecule is CC(NS(=O)(=O)c1cccnc1CN)c1nn[nH]n1. The van der Waals surface area contributed by atoms with Gasteiger partial charge in [-0.05, 0) is 19.1 Å². The summed E-state index contributed by atoms with van der Waals surface area (Å²) in [6, 6.07) is 2.36. The molecule has 0 amide bonds. The lowest BCUT2D eigenvalue weighted by Gasteiger charge is -2.12. The molecular formula is C9H13N7O2S. The Morgan fingerprint density at radius 3 is 2.95 bits per heavy atom. The van der Waals surface area contributed by atoms with Crippen molar-refractivity contribution in [3.8, 4) is 0 Å². The molecule has 1 unspecified atom stereocenters. The zero-order valence-corrected chi connectivity index (χ0v) is 10.9. The van der Waals surface area contributed by atoms with Crippen molar-refractivity contribution in [2.24, 2.45) is 5.73 Å². The first kappa shape index (κ1) is 13.5. The maximum Gasteiger partial charge on any atom is 0.243 e. The van der Waals surface area contributed by atoms with Crippen LogP contribution in [0.25, 0.3) is 0 Å². The van der Waals surface area contributed by atoms with Crippen molar-refractivity contribution in [1.82, 2.24) is 30.3 Å². The number of aromatic nitrogens is 5. The van der Waals surface area contributed by atoms with Gasteiger partial charge in [-0.3, -0.25) is 4.98 Å². The zero-order chi connectivity index (χ0) is 13.9. The van der Waals surface area contributed by atoms with Gasteiger partial charge in [0.25, 0.3) is 0 Å². The molecular weight excluding hydrogens is 270 g/mol. The lowest BCUT2D eigenvalue weighted by molar-refractivity contribution is 0.558. The van der Waals surface area contributed by atoms with E-state index in [1.165, 1.54) is 18.3 Å². The van der Waals surface area contributed by atoms with Crippen LogP contribution in [0.15, 0.2) is 23.2 Å². The van der Waals surface area contributed by atoms with Crippen LogP contribution in [0.3, 0.4) is 0 Å². The van der Waals surface area contributed by atoms with Gasteiger partial charge in [0.15, 0.2) is 5.82 Å². The molecule has 2 rings (SSSR count). The van der Waals surface area contributed by atoms with Gasteiger partial charge < -0.3 is 5.73 Å². The number of pyridine rings is 1. The molecule has 0 aliphatic heterocycles. The highest BCUT2D eigenvalue weighted by molar-refractivity contribution is 7.89. The zero-order valence-electron chi connectivity index (χ0n) is 10.1. The molecule has 1 atom stereocenters. The van der Waals surface area contributed by atoms with Gasteiger partial charge in [-0.15, -0.1) is 10.2 Å². The summed E-state index contributed by atoms with van der Waals surface area (Å²) >= 11 is 0. The van der Waals surface area contributed by atoms with E-state index in [-0.39, 0.29) is 17.3 Å². The fourth-order valence-corrected chi connectivity index (χ4v) is 2.92. The molecule has 2 aromatic heterocycles. The van der Waals surface area contributed by atoms with Gasteiger partial charge in [0.2, 0.25) is 10.0 Å². The predicted octanol–water partition coefficient (Wildman–Crippen LogP) is -0.907. The average molecular weight is 283 g/mol. The molecule has 0 radical (unpaired) electrons. The van der Waals surface area contributed by atoms with Crippen LogP contribution in [0.1, 0.15) is 24.5 Å². The van der Waals surface area contributed by atoms with Gasteiger partial charge in [-0.1, -0.05) is 5.21 Å². The Morgan fingerprint density at radius 1 is 1.53 bits per heavy atom. The molecule has 0 saturated heterocycles. The molecule has 102 valence electrons. The van der Waals surface area contributed by atoms with E-state index in [9.17, 15) is 8.42 Å². The Kier molecular flexibility index (Phi) is 3.83. The van der Waals surface area contributed by atoms with Crippen molar-refractivity contribution in [2.45, 2.75) is 24.4 Å². The third-order valence-corrected chi connectivity index (χ3v) is 4.03. The largest absolute Gasteiger partial charge is 0.325 e. The number of hydrogen-bond donors (Lipinski definition) is 3. The number of hydrogen-bond acceptors (Lipinski definition) is 7. The van der Waals surface area contributed by atoms with Crippen LogP contribution < -0.4 is 10.5 Å². The summed E-state index contributed by atoms with van der Waals surface area (Å²) in [5, 5.41) is 13.1. The van der Waals surface area contributed by atoms with Gasteiger partial charge in [0, 0.05) is 12.7 Å². The molecule has 4 N–H and O–H groups in total. The minimum absolute atomic E-state index is 0.0354. The highest BCUT2D eigenvalue weighted by atomic mass is 32.2. The first-order chi connectivity index (χ1) is 9.04. The van der Waals surface area contributed by atoms with E-state index in [2.05, 4.69) is 30.3 Å². The van der Waals surface area contributed by atoms with E-state index in [1.807, 2.05) is 0 Å². The predicted molar refractivity (Wildman–Crippen MR) is 65.0 cm³/mol. The van der Waals surface area contributed by atoms with Crippen molar-refractivity contribution < 1.29 is 8.42 Å². The fraction of sp³-hybridized carbons (Fsp3) is 0.333. The van der Waals surface area contributed by atoms with Crippen molar-refractivity contribution in [3.05, 3.63) is 29.8 Å². The molecule has 0 aliphatic rings. The number of rotatable bonds is 5. The van der Waals surface area contributed by atoms with Gasteiger partial charge in [-0.2, -0.15) is 5.21 Å². The standard InChI is InChI=1S/C9H13N7O2S/c1-6(9-12-15-16-13-9)14-19(17,18)8-3-2-4-11-7(8)5-10/h2-4,6,14H,5,10H2,1H3,(H,12,13,15,16). The second kappa shape index (κ2) is 5.38. The molecule has 0 spiro atoms. The van der Waals surface area contributed by atoms with Crippen molar-refractivity contribution in [3.63, 3.8) is 0 Å². The van der Waals surface area contributed by atoms with Gasteiger partial charge in [-0.25, -0.2) is 13.1 Å². The number of nitrogens with zero attached hydrogens (tertiary/aromatic N) is 4. The molecule has 2 heterocycles. The quantitative estimate of drug-likeness (QED) is 0.645. The first-order valence-electron chi connectivity index (χ1n) is 5.44. The average Bonchev–Trinajstić information content (AvgIpc) is 2.92. The van der Waals surface area contributed by atoms with Crippen molar-refractivity contribution in [1.29, 1.82) is 0 Å². The molecule has 19 heavy (non-hydrogen) atoms. The maximum atomic E-state index is 12.2. The van der Waals surface area contributed by atoms with E-state index in [0.717, 1.165) is 0 Å². The smallest absolute Gasteiger partial charge is 0.243 e. The lowest BCUT2D eigenvalue weighted by atomic mass is 10.3. The molecule has 10 heteroatoms. The van der Waals surface area contributed by atoms with Crippen LogP contribution in [0, 0.1) is 0 Å². The first-order valence-corrected chi connectivity index (χ1v) is 6.92. The summed E-state index contributed by atoms with van der Waals surface area (Å²) in [7, 11) is -3.74. The summed E-state index contributed by atoms with van der Waals surface area (Å²) in [6.45, 7) is 1.65. The van der Waals surface area contributed by atoms with Crippen LogP contribution in [0.2, 0.25) is 0 Å². The molecule has 2 aromatic rings. The molecule has 0 bridgehead atoms. The Balaban J connectivity index is 2.28. The summed E-state index contributed by atoms with van der Waals surface area (Å²) in [4.78, 5) is 3.99. The second-order valence-electron chi connectivity index (χ2n) is 3.77. The Morgan fingerprint density at radius 2 is 2.32 bits per heavy atom. The number of sulfonamides is 1. The number of H-pyrrole nitrogens is 1. The van der Waals surface area contributed by atoms with Crippen LogP contribution in [0.5, 0.6) is 0 Å². The van der Waals surface area contributed by atoms with E-state index in [0.29, 0.717) is 5.69 Å². The molecule has 0 aromatic carbocycles. The fourth-order valence-electron chi connectivity index (χ4n) is 1.52. The highest BCUT2D eigenvalue weighted by Gasteiger charge is 2.23. The Hall–Kier alpha value is -1.91. The van der Waals surface area contributed by atoms with Crippen LogP contribution in [-0.2, 0) is 16.6 Å². The summed E-state index contributed by atoms with van der Waals surface area (Å²) in [5.74, 6) is 0.252. The monoisotopic (exact) mass is 283 g/mol. The molecule has 0 aliphatic carbocycles. The topological polar surface area (TPSA) is 140 Å². The minimum atomic E-state index is -3.74. The van der Waals surface area contributed by atoms with E-state index < -0.39 is 16.1 Å². The normalized spacial score (nSPS) is 13.4. The van der Waals surface area contributed by atoms with Crippen molar-refractivity contribution >= 4 is 10.0 Å². The number of tetrazole rings is 1. The lowest BCUT2D eigenvalue weighted by Crippen LogP contribution is -2.29. The van der Waals surface area contributed by atoms with Crippen LogP contribution in [0.4, 0.5) is 0 Å².